The van der Waals surface area contributed by atoms with E-state index in [1.807, 2.05) is 0 Å². The highest BCUT2D eigenvalue weighted by atomic mass is 16.7. The van der Waals surface area contributed by atoms with Crippen molar-refractivity contribution in [3.63, 3.8) is 0 Å². The van der Waals surface area contributed by atoms with Crippen LogP contribution in [-0.4, -0.2) is 33.9 Å². The molecule has 1 heterocycles. The fourth-order valence-electron chi connectivity index (χ4n) is 2.59. The van der Waals surface area contributed by atoms with Gasteiger partial charge in [0.1, 0.15) is 0 Å². The van der Waals surface area contributed by atoms with Gasteiger partial charge in [-0.1, -0.05) is 44.9 Å². The summed E-state index contributed by atoms with van der Waals surface area (Å²) in [6, 6.07) is 0. The molecule has 7 nitrogen and oxygen atoms in total. The molecular formula is C17H27NO6. The summed E-state index contributed by atoms with van der Waals surface area (Å²) in [5, 5.41) is 9.10. The zero-order valence-electron chi connectivity index (χ0n) is 14.1. The molecule has 0 bridgehead atoms. The predicted octanol–water partition coefficient (Wildman–Crippen LogP) is 2.97. The van der Waals surface area contributed by atoms with Gasteiger partial charge in [-0.3, -0.25) is 14.4 Å². The van der Waals surface area contributed by atoms with Gasteiger partial charge in [-0.05, 0) is 12.8 Å². The lowest BCUT2D eigenvalue weighted by Crippen LogP contribution is -2.31. The predicted molar refractivity (Wildman–Crippen MR) is 85.6 cm³/mol. The lowest BCUT2D eigenvalue weighted by atomic mass is 10.1. The molecule has 0 saturated carbocycles. The molecule has 1 aliphatic heterocycles. The third-order valence-electron chi connectivity index (χ3n) is 3.97. The Morgan fingerprint density at radius 2 is 1.21 bits per heavy atom. The number of carbonyl (C=O) groups excluding carboxylic acids is 3. The molecule has 0 aromatic rings. The number of nitrogens with zero attached hydrogens (tertiary/aromatic N) is 1. The number of imide groups is 1. The second kappa shape index (κ2) is 11.6. The van der Waals surface area contributed by atoms with Crippen molar-refractivity contribution in [2.75, 3.05) is 0 Å². The van der Waals surface area contributed by atoms with Gasteiger partial charge < -0.3 is 9.94 Å². The number of aliphatic carboxylic acids is 1. The summed E-state index contributed by atoms with van der Waals surface area (Å²) >= 11 is 0. The van der Waals surface area contributed by atoms with E-state index < -0.39 is 23.8 Å². The number of rotatable bonds is 13. The molecule has 1 N–H and O–H groups in total. The van der Waals surface area contributed by atoms with Crippen molar-refractivity contribution in [2.45, 2.75) is 83.5 Å². The lowest BCUT2D eigenvalue weighted by molar-refractivity contribution is -0.197. The summed E-state index contributed by atoms with van der Waals surface area (Å²) in [6.07, 6.45) is 9.44. The fourth-order valence-corrected chi connectivity index (χ4v) is 2.59. The van der Waals surface area contributed by atoms with Gasteiger partial charge in [0, 0.05) is 25.7 Å². The lowest BCUT2D eigenvalue weighted by Gasteiger charge is -2.12. The maximum Gasteiger partial charge on any atom is 0.333 e. The van der Waals surface area contributed by atoms with Crippen molar-refractivity contribution in [1.82, 2.24) is 5.06 Å². The number of carboxylic acid groups (broad SMARTS) is 1. The summed E-state index contributed by atoms with van der Waals surface area (Å²) in [6.45, 7) is 0. The molecule has 7 heteroatoms. The van der Waals surface area contributed by atoms with E-state index >= 15 is 0 Å². The van der Waals surface area contributed by atoms with Crippen LogP contribution in [0, 0.1) is 0 Å². The van der Waals surface area contributed by atoms with E-state index in [4.69, 9.17) is 9.94 Å². The highest BCUT2D eigenvalue weighted by Gasteiger charge is 2.32. The molecule has 1 rings (SSSR count). The summed E-state index contributed by atoms with van der Waals surface area (Å²) in [4.78, 5) is 49.3. The van der Waals surface area contributed by atoms with Gasteiger partial charge in [0.25, 0.3) is 11.8 Å². The van der Waals surface area contributed by atoms with Gasteiger partial charge in [-0.2, -0.15) is 0 Å². The highest BCUT2D eigenvalue weighted by molar-refractivity contribution is 6.01. The average molecular weight is 341 g/mol. The van der Waals surface area contributed by atoms with Crippen LogP contribution < -0.4 is 0 Å². The molecule has 0 aromatic carbocycles. The smallest absolute Gasteiger partial charge is 0.333 e. The number of carbonyl (C=O) groups is 4. The molecule has 0 aromatic heterocycles. The van der Waals surface area contributed by atoms with E-state index in [2.05, 4.69) is 0 Å². The number of amides is 2. The zero-order chi connectivity index (χ0) is 17.8. The van der Waals surface area contributed by atoms with E-state index in [0.29, 0.717) is 11.5 Å². The van der Waals surface area contributed by atoms with Crippen LogP contribution >= 0.6 is 0 Å². The third kappa shape index (κ3) is 8.64. The van der Waals surface area contributed by atoms with Crippen LogP contribution in [0.2, 0.25) is 0 Å². The van der Waals surface area contributed by atoms with Gasteiger partial charge in [0.2, 0.25) is 0 Å². The molecule has 1 aliphatic rings. The summed E-state index contributed by atoms with van der Waals surface area (Å²) in [5.41, 5.74) is 0. The first-order valence-corrected chi connectivity index (χ1v) is 8.79. The Hall–Kier alpha value is -1.92. The molecule has 1 saturated heterocycles. The summed E-state index contributed by atoms with van der Waals surface area (Å²) in [5.74, 6) is -2.16. The van der Waals surface area contributed by atoms with Gasteiger partial charge >= 0.3 is 11.9 Å². The fraction of sp³-hybridized carbons (Fsp3) is 0.765. The number of hydrogen-bond acceptors (Lipinski definition) is 5. The maximum atomic E-state index is 11.6. The van der Waals surface area contributed by atoms with E-state index in [9.17, 15) is 19.2 Å². The number of hydrogen-bond donors (Lipinski definition) is 1. The second-order valence-corrected chi connectivity index (χ2v) is 6.12. The average Bonchev–Trinajstić information content (AvgIpc) is 2.84. The van der Waals surface area contributed by atoms with Crippen molar-refractivity contribution < 1.29 is 29.1 Å². The summed E-state index contributed by atoms with van der Waals surface area (Å²) < 4.78 is 0. The minimum Gasteiger partial charge on any atom is -0.481 e. The quantitative estimate of drug-likeness (QED) is 0.408. The van der Waals surface area contributed by atoms with Crippen LogP contribution in [0.3, 0.4) is 0 Å². The molecule has 136 valence electrons. The Kier molecular flexibility index (Phi) is 9.72. The first-order valence-electron chi connectivity index (χ1n) is 8.79. The van der Waals surface area contributed by atoms with Crippen LogP contribution in [0.4, 0.5) is 0 Å². The van der Waals surface area contributed by atoms with Crippen LogP contribution in [0.1, 0.15) is 83.5 Å². The molecule has 0 spiro atoms. The Morgan fingerprint density at radius 1 is 0.792 bits per heavy atom. The third-order valence-corrected chi connectivity index (χ3v) is 3.97. The first-order chi connectivity index (χ1) is 11.5. The van der Waals surface area contributed by atoms with Crippen molar-refractivity contribution >= 4 is 23.8 Å². The molecule has 0 unspecified atom stereocenters. The van der Waals surface area contributed by atoms with Crippen molar-refractivity contribution in [1.29, 1.82) is 0 Å². The Labute approximate surface area is 142 Å². The monoisotopic (exact) mass is 341 g/mol. The standard InChI is InChI=1S/C17H27NO6/c19-14-12-13-15(20)18(14)24-17(23)11-9-7-5-3-1-2-4-6-8-10-16(21)22/h1-13H2,(H,21,22). The normalized spacial score (nSPS) is 14.2. The van der Waals surface area contributed by atoms with Gasteiger partial charge in [-0.25, -0.2) is 4.79 Å². The molecular weight excluding hydrogens is 314 g/mol. The van der Waals surface area contributed by atoms with Crippen molar-refractivity contribution in [2.24, 2.45) is 0 Å². The Balaban J connectivity index is 1.89. The van der Waals surface area contributed by atoms with Crippen LogP contribution in [0.5, 0.6) is 0 Å². The SMILES string of the molecule is O=C(O)CCCCCCCCCCCC(=O)ON1C(=O)CCC1=O. The highest BCUT2D eigenvalue weighted by Crippen LogP contribution is 2.14. The topological polar surface area (TPSA) is 101 Å². The van der Waals surface area contributed by atoms with Gasteiger partial charge in [-0.15, -0.1) is 5.06 Å². The minimum atomic E-state index is -0.730. The molecule has 1 fully saturated rings. The van der Waals surface area contributed by atoms with E-state index in [1.54, 1.807) is 0 Å². The van der Waals surface area contributed by atoms with Crippen LogP contribution in [0.15, 0.2) is 0 Å². The first kappa shape index (κ1) is 20.1. The maximum absolute atomic E-state index is 11.6. The Morgan fingerprint density at radius 3 is 1.67 bits per heavy atom. The van der Waals surface area contributed by atoms with Crippen LogP contribution in [0.25, 0.3) is 0 Å². The van der Waals surface area contributed by atoms with E-state index in [-0.39, 0.29) is 25.7 Å². The molecule has 0 radical (unpaired) electrons. The molecule has 0 aliphatic carbocycles. The number of carboxylic acids is 1. The minimum absolute atomic E-state index is 0.114. The number of hydroxylamine groups is 2. The molecule has 2 amide bonds. The molecule has 24 heavy (non-hydrogen) atoms. The Bertz CT molecular complexity index is 432. The zero-order valence-corrected chi connectivity index (χ0v) is 14.1. The number of unbranched alkanes of at least 4 members (excludes halogenated alkanes) is 8. The summed E-state index contributed by atoms with van der Waals surface area (Å²) in [7, 11) is 0. The van der Waals surface area contributed by atoms with E-state index in [1.165, 1.54) is 0 Å². The van der Waals surface area contributed by atoms with Crippen molar-refractivity contribution in [3.8, 4) is 0 Å². The van der Waals surface area contributed by atoms with Gasteiger partial charge in [0.05, 0.1) is 0 Å². The van der Waals surface area contributed by atoms with Gasteiger partial charge in [0.15, 0.2) is 0 Å². The molecule has 0 atom stereocenters. The largest absolute Gasteiger partial charge is 0.481 e. The van der Waals surface area contributed by atoms with Crippen LogP contribution in [-0.2, 0) is 24.0 Å². The van der Waals surface area contributed by atoms with Crippen molar-refractivity contribution in [3.05, 3.63) is 0 Å². The van der Waals surface area contributed by atoms with E-state index in [0.717, 1.165) is 51.4 Å². The second-order valence-electron chi connectivity index (χ2n) is 6.12.